The summed E-state index contributed by atoms with van der Waals surface area (Å²) in [6.07, 6.45) is 4.15. The second kappa shape index (κ2) is 6.42. The molecule has 104 valence electrons. The summed E-state index contributed by atoms with van der Waals surface area (Å²) in [6, 6.07) is 0. The zero-order valence-corrected chi connectivity index (χ0v) is 14.4. The summed E-state index contributed by atoms with van der Waals surface area (Å²) in [7, 11) is 2.02. The number of rotatable bonds is 5. The number of aryl methyl sites for hydroxylation is 2. The van der Waals surface area contributed by atoms with Crippen LogP contribution in [-0.2, 0) is 19.9 Å². The van der Waals surface area contributed by atoms with Crippen molar-refractivity contribution in [3.8, 4) is 0 Å². The zero-order valence-electron chi connectivity index (χ0n) is 12.1. The topological polar surface area (TPSA) is 17.8 Å². The molecule has 0 saturated heterocycles. The molecule has 1 heterocycles. The van der Waals surface area contributed by atoms with E-state index in [9.17, 15) is 0 Å². The van der Waals surface area contributed by atoms with Crippen LogP contribution < -0.4 is 0 Å². The first-order valence-electron chi connectivity index (χ1n) is 6.61. The number of aromatic nitrogens is 2. The average Bonchev–Trinajstić information content (AvgIpc) is 2.54. The van der Waals surface area contributed by atoms with Crippen molar-refractivity contribution in [2.75, 3.05) is 0 Å². The molecule has 1 rings (SSSR count). The van der Waals surface area contributed by atoms with Gasteiger partial charge in [-0.3, -0.25) is 4.68 Å². The van der Waals surface area contributed by atoms with Gasteiger partial charge in [0.2, 0.25) is 0 Å². The summed E-state index contributed by atoms with van der Waals surface area (Å²) >= 11 is 10.1. The van der Waals surface area contributed by atoms with Gasteiger partial charge in [0.1, 0.15) is 0 Å². The second-order valence-corrected chi connectivity index (χ2v) is 7.23. The van der Waals surface area contributed by atoms with Crippen molar-refractivity contribution in [1.29, 1.82) is 0 Å². The van der Waals surface area contributed by atoms with Gasteiger partial charge in [0.25, 0.3) is 0 Å². The summed E-state index contributed by atoms with van der Waals surface area (Å²) in [4.78, 5) is 0. The lowest BCUT2D eigenvalue weighted by Gasteiger charge is -2.24. The molecule has 18 heavy (non-hydrogen) atoms. The van der Waals surface area contributed by atoms with Gasteiger partial charge in [-0.25, -0.2) is 0 Å². The standard InChI is InChI=1S/C14H24BrClN2/c1-6-10-13(15)11(18(5)17-10)8-7-9-12(16)14(2,3)4/h12H,6-9H2,1-5H3. The Morgan fingerprint density at radius 2 is 2.00 bits per heavy atom. The van der Waals surface area contributed by atoms with Crippen molar-refractivity contribution >= 4 is 27.5 Å². The quantitative estimate of drug-likeness (QED) is 0.712. The molecule has 0 aromatic carbocycles. The van der Waals surface area contributed by atoms with Crippen molar-refractivity contribution in [2.45, 2.75) is 58.8 Å². The van der Waals surface area contributed by atoms with Crippen molar-refractivity contribution in [2.24, 2.45) is 12.5 Å². The first-order chi connectivity index (χ1) is 8.27. The molecule has 0 aliphatic heterocycles. The minimum Gasteiger partial charge on any atom is -0.271 e. The van der Waals surface area contributed by atoms with Crippen LogP contribution in [0.1, 0.15) is 51.9 Å². The van der Waals surface area contributed by atoms with Crippen molar-refractivity contribution in [1.82, 2.24) is 9.78 Å². The number of hydrogen-bond donors (Lipinski definition) is 0. The van der Waals surface area contributed by atoms with Crippen molar-refractivity contribution in [3.63, 3.8) is 0 Å². The van der Waals surface area contributed by atoms with Crippen LogP contribution in [0.5, 0.6) is 0 Å². The van der Waals surface area contributed by atoms with Crippen LogP contribution in [0.4, 0.5) is 0 Å². The fraction of sp³-hybridized carbons (Fsp3) is 0.786. The van der Waals surface area contributed by atoms with E-state index in [-0.39, 0.29) is 10.8 Å². The van der Waals surface area contributed by atoms with Crippen LogP contribution in [0.2, 0.25) is 0 Å². The van der Waals surface area contributed by atoms with Gasteiger partial charge in [0.05, 0.1) is 15.9 Å². The molecule has 0 fully saturated rings. The molecule has 0 bridgehead atoms. The Hall–Kier alpha value is -0.0200. The maximum atomic E-state index is 6.40. The minimum absolute atomic E-state index is 0.180. The van der Waals surface area contributed by atoms with E-state index in [0.717, 1.165) is 31.4 Å². The van der Waals surface area contributed by atoms with Crippen LogP contribution in [0.15, 0.2) is 4.47 Å². The number of hydrogen-bond acceptors (Lipinski definition) is 1. The van der Waals surface area contributed by atoms with Gasteiger partial charge in [-0.1, -0.05) is 27.7 Å². The summed E-state index contributed by atoms with van der Waals surface area (Å²) in [5.41, 5.74) is 2.61. The molecule has 1 atom stereocenters. The highest BCUT2D eigenvalue weighted by molar-refractivity contribution is 9.10. The Morgan fingerprint density at radius 1 is 1.39 bits per heavy atom. The van der Waals surface area contributed by atoms with Crippen molar-refractivity contribution in [3.05, 3.63) is 15.9 Å². The molecule has 0 amide bonds. The van der Waals surface area contributed by atoms with Crippen LogP contribution in [0.25, 0.3) is 0 Å². The lowest BCUT2D eigenvalue weighted by molar-refractivity contribution is 0.368. The molecule has 0 radical (unpaired) electrons. The molecule has 0 aliphatic rings. The molecule has 2 nitrogen and oxygen atoms in total. The Morgan fingerprint density at radius 3 is 2.44 bits per heavy atom. The van der Waals surface area contributed by atoms with E-state index in [1.165, 1.54) is 10.2 Å². The molecule has 0 spiro atoms. The predicted octanol–water partition coefficient (Wildman–Crippen LogP) is 4.72. The number of halogens is 2. The van der Waals surface area contributed by atoms with Gasteiger partial charge in [0.15, 0.2) is 0 Å². The Labute approximate surface area is 124 Å². The van der Waals surface area contributed by atoms with E-state index >= 15 is 0 Å². The fourth-order valence-corrected chi connectivity index (χ4v) is 2.94. The molecule has 4 heteroatoms. The third kappa shape index (κ3) is 3.99. The van der Waals surface area contributed by atoms with Crippen LogP contribution in [-0.4, -0.2) is 15.2 Å². The second-order valence-electron chi connectivity index (χ2n) is 5.91. The highest BCUT2D eigenvalue weighted by atomic mass is 79.9. The largest absolute Gasteiger partial charge is 0.271 e. The normalized spacial score (nSPS) is 13.9. The first-order valence-corrected chi connectivity index (χ1v) is 7.84. The molecule has 1 aromatic heterocycles. The highest BCUT2D eigenvalue weighted by Crippen LogP contribution is 2.29. The van der Waals surface area contributed by atoms with E-state index in [1.54, 1.807) is 0 Å². The van der Waals surface area contributed by atoms with Crippen molar-refractivity contribution < 1.29 is 0 Å². The summed E-state index contributed by atoms with van der Waals surface area (Å²) in [5, 5.41) is 4.74. The van der Waals surface area contributed by atoms with Gasteiger partial charge < -0.3 is 0 Å². The molecule has 0 N–H and O–H groups in total. The summed E-state index contributed by atoms with van der Waals surface area (Å²) in [6.45, 7) is 8.71. The van der Waals surface area contributed by atoms with E-state index < -0.39 is 0 Å². The number of alkyl halides is 1. The van der Waals surface area contributed by atoms with Gasteiger partial charge in [-0.2, -0.15) is 5.10 Å². The lowest BCUT2D eigenvalue weighted by Crippen LogP contribution is -2.20. The van der Waals surface area contributed by atoms with E-state index in [4.69, 9.17) is 11.6 Å². The summed E-state index contributed by atoms with van der Waals surface area (Å²) < 4.78 is 3.16. The molecule has 1 aromatic rings. The van der Waals surface area contributed by atoms with Gasteiger partial charge in [-0.05, 0) is 47.0 Å². The van der Waals surface area contributed by atoms with E-state index in [2.05, 4.69) is 48.7 Å². The smallest absolute Gasteiger partial charge is 0.0766 e. The Kier molecular flexibility index (Phi) is 5.72. The van der Waals surface area contributed by atoms with E-state index in [0.29, 0.717) is 0 Å². The minimum atomic E-state index is 0.180. The average molecular weight is 336 g/mol. The third-order valence-corrected chi connectivity index (χ3v) is 5.10. The Bertz CT molecular complexity index is 393. The maximum Gasteiger partial charge on any atom is 0.0766 e. The first kappa shape index (κ1) is 16.0. The molecular weight excluding hydrogens is 312 g/mol. The molecular formula is C14H24BrClN2. The molecule has 1 unspecified atom stereocenters. The lowest BCUT2D eigenvalue weighted by atomic mass is 9.88. The SMILES string of the molecule is CCc1nn(C)c(CCCC(Cl)C(C)(C)C)c1Br. The molecule has 0 saturated carbocycles. The molecule has 0 aliphatic carbocycles. The zero-order chi connectivity index (χ0) is 13.9. The van der Waals surface area contributed by atoms with Gasteiger partial charge in [0, 0.05) is 12.4 Å². The highest BCUT2D eigenvalue weighted by Gasteiger charge is 2.22. The van der Waals surface area contributed by atoms with Crippen LogP contribution >= 0.6 is 27.5 Å². The van der Waals surface area contributed by atoms with Crippen LogP contribution in [0, 0.1) is 5.41 Å². The third-order valence-electron chi connectivity index (χ3n) is 3.31. The van der Waals surface area contributed by atoms with Crippen LogP contribution in [0.3, 0.4) is 0 Å². The number of nitrogens with zero attached hydrogens (tertiary/aromatic N) is 2. The fourth-order valence-electron chi connectivity index (χ4n) is 1.97. The predicted molar refractivity (Wildman–Crippen MR) is 82.3 cm³/mol. The van der Waals surface area contributed by atoms with E-state index in [1.807, 2.05) is 11.7 Å². The van der Waals surface area contributed by atoms with Gasteiger partial charge in [-0.15, -0.1) is 11.6 Å². The summed E-state index contributed by atoms with van der Waals surface area (Å²) in [5.74, 6) is 0. The monoisotopic (exact) mass is 334 g/mol. The Balaban J connectivity index is 2.57. The van der Waals surface area contributed by atoms with Gasteiger partial charge >= 0.3 is 0 Å². The maximum absolute atomic E-state index is 6.40.